The number of carbonyl (C=O) groups is 2. The quantitative estimate of drug-likeness (QED) is 0.401. The number of fused-ring (bicyclic) bond motifs is 2. The number of aromatic nitrogens is 1. The molecule has 0 saturated heterocycles. The highest BCUT2D eigenvalue weighted by Gasteiger charge is 2.38. The molecule has 0 saturated carbocycles. The Kier molecular flexibility index (Phi) is 5.56. The molecule has 9 heteroatoms. The molecule has 1 aliphatic heterocycles. The molecule has 4 aromatic rings. The Morgan fingerprint density at radius 2 is 1.66 bits per heavy atom. The van der Waals surface area contributed by atoms with Gasteiger partial charge in [-0.05, 0) is 37.3 Å². The molecule has 0 radical (unpaired) electrons. The van der Waals surface area contributed by atoms with Crippen molar-refractivity contribution >= 4 is 38.5 Å². The number of carbonyl (C=O) groups excluding carboxylic acids is 2. The van der Waals surface area contributed by atoms with Gasteiger partial charge in [0.15, 0.2) is 6.10 Å². The van der Waals surface area contributed by atoms with Crippen LogP contribution in [0.2, 0.25) is 0 Å². The smallest absolute Gasteiger partial charge is 0.340 e. The summed E-state index contributed by atoms with van der Waals surface area (Å²) in [5, 5.41) is 0.549. The van der Waals surface area contributed by atoms with Crippen molar-refractivity contribution in [2.24, 2.45) is 0 Å². The summed E-state index contributed by atoms with van der Waals surface area (Å²) in [5.41, 5.74) is 2.01. The van der Waals surface area contributed by atoms with Crippen LogP contribution in [0.5, 0.6) is 5.75 Å². The molecule has 0 fully saturated rings. The average molecular weight is 491 g/mol. The summed E-state index contributed by atoms with van der Waals surface area (Å²) in [5.74, 6) is -0.807. The molecule has 0 amide bonds. The molecule has 0 aliphatic carbocycles. The number of benzene rings is 3. The Morgan fingerprint density at radius 3 is 2.40 bits per heavy atom. The van der Waals surface area contributed by atoms with E-state index in [9.17, 15) is 18.0 Å². The van der Waals surface area contributed by atoms with Crippen LogP contribution in [0, 0.1) is 6.92 Å². The second-order valence-corrected chi connectivity index (χ2v) is 10.0. The topological polar surface area (TPSA) is 94.9 Å². The number of ether oxygens (including phenoxy) is 2. The van der Waals surface area contributed by atoms with Gasteiger partial charge >= 0.3 is 5.97 Å². The minimum Gasteiger partial charge on any atom is -0.476 e. The predicted molar refractivity (Wildman–Crippen MR) is 130 cm³/mol. The van der Waals surface area contributed by atoms with E-state index in [2.05, 4.69) is 0 Å². The van der Waals surface area contributed by atoms with E-state index in [1.165, 1.54) is 22.2 Å². The Bertz CT molecular complexity index is 1560. The summed E-state index contributed by atoms with van der Waals surface area (Å²) < 4.78 is 40.6. The zero-order valence-corrected chi connectivity index (χ0v) is 19.9. The lowest BCUT2D eigenvalue weighted by atomic mass is 10.2. The van der Waals surface area contributed by atoms with Gasteiger partial charge in [0, 0.05) is 11.6 Å². The Morgan fingerprint density at radius 1 is 0.971 bits per heavy atom. The highest BCUT2D eigenvalue weighted by atomic mass is 32.2. The zero-order valence-electron chi connectivity index (χ0n) is 19.0. The van der Waals surface area contributed by atoms with Crippen LogP contribution in [0.25, 0.3) is 10.9 Å². The normalized spacial score (nSPS) is 15.4. The number of aryl methyl sites for hydroxylation is 1. The minimum atomic E-state index is -3.98. The first-order valence-corrected chi connectivity index (χ1v) is 12.3. The molecular formula is C26H22N2O6S. The summed E-state index contributed by atoms with van der Waals surface area (Å²) in [4.78, 5) is 26.1. The summed E-state index contributed by atoms with van der Waals surface area (Å²) >= 11 is 0. The molecule has 1 aromatic heterocycles. The summed E-state index contributed by atoms with van der Waals surface area (Å²) in [6, 6.07) is 20.2. The first kappa shape index (κ1) is 22.7. The molecule has 1 aliphatic rings. The highest BCUT2D eigenvalue weighted by molar-refractivity contribution is 7.92. The minimum absolute atomic E-state index is 0.116. The average Bonchev–Trinajstić information content (AvgIpc) is 3.27. The molecule has 5 rings (SSSR count). The first-order chi connectivity index (χ1) is 16.8. The maximum atomic E-state index is 13.7. The van der Waals surface area contributed by atoms with Crippen LogP contribution < -0.4 is 9.04 Å². The molecule has 35 heavy (non-hydrogen) atoms. The first-order valence-electron chi connectivity index (χ1n) is 10.9. The van der Waals surface area contributed by atoms with Crippen LogP contribution in [0.1, 0.15) is 20.7 Å². The standard InChI is InChI=1S/C26H22N2O6S/c1-17-11-13-18(14-12-17)35(31,32)28-16-24(34-23-10-6-5-9-22(23)28)25(29)27-15-20(26(30)33-2)19-7-3-4-8-21(19)27/h3-15,24H,16H2,1-2H3/t24-/m0/s1. The molecular weight excluding hydrogens is 468 g/mol. The van der Waals surface area contributed by atoms with Gasteiger partial charge in [0.2, 0.25) is 0 Å². The fraction of sp³-hybridized carbons (Fsp3) is 0.154. The van der Waals surface area contributed by atoms with E-state index in [4.69, 9.17) is 9.47 Å². The van der Waals surface area contributed by atoms with Crippen molar-refractivity contribution in [3.8, 4) is 5.75 Å². The molecule has 1 atom stereocenters. The van der Waals surface area contributed by atoms with Gasteiger partial charge in [-0.1, -0.05) is 48.0 Å². The lowest BCUT2D eigenvalue weighted by Crippen LogP contribution is -2.48. The van der Waals surface area contributed by atoms with Crippen molar-refractivity contribution in [3.63, 3.8) is 0 Å². The molecule has 8 nitrogen and oxygen atoms in total. The Labute approximate surface area is 202 Å². The SMILES string of the molecule is COC(=O)c1cn(C(=O)[C@@H]2CN(S(=O)(=O)c3ccc(C)cc3)c3ccccc3O2)c2ccccc12. The van der Waals surface area contributed by atoms with E-state index in [1.54, 1.807) is 72.8 Å². The summed E-state index contributed by atoms with van der Waals surface area (Å²) in [6.07, 6.45) is 0.257. The summed E-state index contributed by atoms with van der Waals surface area (Å²) in [7, 11) is -2.71. The Balaban J connectivity index is 1.58. The van der Waals surface area contributed by atoms with Crippen molar-refractivity contribution in [1.82, 2.24) is 4.57 Å². The largest absolute Gasteiger partial charge is 0.476 e. The van der Waals surface area contributed by atoms with E-state index in [-0.39, 0.29) is 22.8 Å². The van der Waals surface area contributed by atoms with Gasteiger partial charge in [-0.15, -0.1) is 0 Å². The van der Waals surface area contributed by atoms with Gasteiger partial charge in [-0.2, -0.15) is 0 Å². The van der Waals surface area contributed by atoms with Gasteiger partial charge in [-0.25, -0.2) is 13.2 Å². The van der Waals surface area contributed by atoms with Gasteiger partial charge in [-0.3, -0.25) is 13.7 Å². The van der Waals surface area contributed by atoms with Crippen LogP contribution in [0.4, 0.5) is 5.69 Å². The second-order valence-electron chi connectivity index (χ2n) is 8.18. The van der Waals surface area contributed by atoms with Crippen molar-refractivity contribution in [3.05, 3.63) is 90.1 Å². The van der Waals surface area contributed by atoms with Crippen molar-refractivity contribution < 1.29 is 27.5 Å². The number of nitrogens with zero attached hydrogens (tertiary/aromatic N) is 2. The predicted octanol–water partition coefficient (Wildman–Crippen LogP) is 4.03. The molecule has 0 bridgehead atoms. The van der Waals surface area contributed by atoms with E-state index in [0.29, 0.717) is 16.6 Å². The van der Waals surface area contributed by atoms with Gasteiger partial charge in [0.1, 0.15) is 5.75 Å². The number of esters is 1. The molecule has 0 spiro atoms. The molecule has 0 N–H and O–H groups in total. The van der Waals surface area contributed by atoms with Gasteiger partial charge < -0.3 is 9.47 Å². The zero-order chi connectivity index (χ0) is 24.7. The second kappa shape index (κ2) is 8.59. The number of methoxy groups -OCH3 is 1. The lowest BCUT2D eigenvalue weighted by Gasteiger charge is -2.34. The number of hydrogen-bond donors (Lipinski definition) is 0. The molecule has 2 heterocycles. The molecule has 0 unspecified atom stereocenters. The lowest BCUT2D eigenvalue weighted by molar-refractivity contribution is 0.0602. The Hall–Kier alpha value is -4.11. The third-order valence-electron chi connectivity index (χ3n) is 5.97. The van der Waals surface area contributed by atoms with E-state index in [1.807, 2.05) is 6.92 Å². The number of anilines is 1. The van der Waals surface area contributed by atoms with Crippen LogP contribution in [-0.2, 0) is 14.8 Å². The van der Waals surface area contributed by atoms with Gasteiger partial charge in [0.05, 0.1) is 35.3 Å². The third kappa shape index (κ3) is 3.83. The number of rotatable bonds is 4. The molecule has 3 aromatic carbocycles. The van der Waals surface area contributed by atoms with E-state index < -0.39 is 28.0 Å². The fourth-order valence-electron chi connectivity index (χ4n) is 4.19. The monoisotopic (exact) mass is 490 g/mol. The van der Waals surface area contributed by atoms with Crippen LogP contribution in [-0.4, -0.2) is 44.6 Å². The number of hydrogen-bond acceptors (Lipinski definition) is 6. The van der Waals surface area contributed by atoms with E-state index in [0.717, 1.165) is 5.56 Å². The fourth-order valence-corrected chi connectivity index (χ4v) is 5.66. The third-order valence-corrected chi connectivity index (χ3v) is 7.77. The highest BCUT2D eigenvalue weighted by Crippen LogP contribution is 2.37. The van der Waals surface area contributed by atoms with Crippen LogP contribution in [0.15, 0.2) is 83.9 Å². The van der Waals surface area contributed by atoms with Crippen LogP contribution in [0.3, 0.4) is 0 Å². The summed E-state index contributed by atoms with van der Waals surface area (Å²) in [6.45, 7) is 1.64. The van der Waals surface area contributed by atoms with Gasteiger partial charge in [0.25, 0.3) is 15.9 Å². The van der Waals surface area contributed by atoms with Crippen molar-refractivity contribution in [1.29, 1.82) is 0 Å². The maximum Gasteiger partial charge on any atom is 0.340 e. The van der Waals surface area contributed by atoms with Crippen LogP contribution >= 0.6 is 0 Å². The maximum absolute atomic E-state index is 13.7. The van der Waals surface area contributed by atoms with Crippen molar-refractivity contribution in [2.45, 2.75) is 17.9 Å². The molecule has 178 valence electrons. The van der Waals surface area contributed by atoms with E-state index >= 15 is 0 Å². The number of sulfonamides is 1. The number of para-hydroxylation sites is 3. The van der Waals surface area contributed by atoms with Crippen molar-refractivity contribution in [2.75, 3.05) is 18.0 Å².